The van der Waals surface area contributed by atoms with Gasteiger partial charge in [0.25, 0.3) is 5.91 Å². The van der Waals surface area contributed by atoms with Gasteiger partial charge in [0.2, 0.25) is 0 Å². The topological polar surface area (TPSA) is 84.7 Å². The van der Waals surface area contributed by atoms with E-state index in [2.05, 4.69) is 39.5 Å². The molecule has 0 aliphatic heterocycles. The van der Waals surface area contributed by atoms with Crippen molar-refractivity contribution < 1.29 is 4.79 Å². The molecule has 8 heteroatoms. The summed E-state index contributed by atoms with van der Waals surface area (Å²) in [7, 11) is 0. The summed E-state index contributed by atoms with van der Waals surface area (Å²) in [4.78, 5) is 21.9. The molecule has 0 bridgehead atoms. The average molecular weight is 435 g/mol. The summed E-state index contributed by atoms with van der Waals surface area (Å²) in [5, 5.41) is 14.7. The lowest BCUT2D eigenvalue weighted by molar-refractivity contribution is 0.0952. The Hall–Kier alpha value is -3.13. The van der Waals surface area contributed by atoms with E-state index in [0.717, 1.165) is 51.5 Å². The number of nitrogens with one attached hydrogen (secondary N) is 2. The molecule has 2 N–H and O–H groups in total. The molecule has 31 heavy (non-hydrogen) atoms. The Kier molecular flexibility index (Phi) is 6.66. The van der Waals surface area contributed by atoms with Gasteiger partial charge in [-0.2, -0.15) is 5.10 Å². The number of amides is 1. The molecular weight excluding hydrogens is 408 g/mol. The second-order valence-electron chi connectivity index (χ2n) is 7.14. The minimum Gasteiger partial charge on any atom is -0.369 e. The van der Waals surface area contributed by atoms with Gasteiger partial charge in [0, 0.05) is 18.7 Å². The SMILES string of the molecule is CCCNc1nc(SCC)nc2c1cnn2CCNC(=O)c1ccc2ccccc2c1. The molecule has 4 aromatic rings. The Balaban J connectivity index is 1.47. The summed E-state index contributed by atoms with van der Waals surface area (Å²) < 4.78 is 1.83. The van der Waals surface area contributed by atoms with Gasteiger partial charge in [0.1, 0.15) is 5.82 Å². The maximum Gasteiger partial charge on any atom is 0.251 e. The van der Waals surface area contributed by atoms with Crippen LogP contribution in [0, 0.1) is 0 Å². The van der Waals surface area contributed by atoms with E-state index in [0.29, 0.717) is 18.7 Å². The van der Waals surface area contributed by atoms with Gasteiger partial charge in [-0.3, -0.25) is 4.79 Å². The van der Waals surface area contributed by atoms with Gasteiger partial charge in [-0.05, 0) is 35.1 Å². The molecule has 4 rings (SSSR count). The van der Waals surface area contributed by atoms with Crippen LogP contribution < -0.4 is 10.6 Å². The average Bonchev–Trinajstić information content (AvgIpc) is 3.20. The minimum absolute atomic E-state index is 0.0932. The van der Waals surface area contributed by atoms with Crippen molar-refractivity contribution in [1.29, 1.82) is 0 Å². The summed E-state index contributed by atoms with van der Waals surface area (Å²) in [6, 6.07) is 13.8. The van der Waals surface area contributed by atoms with E-state index in [1.165, 1.54) is 0 Å². The molecule has 1 amide bonds. The molecule has 0 aliphatic rings. The molecule has 0 aliphatic carbocycles. The Morgan fingerprint density at radius 3 is 2.71 bits per heavy atom. The van der Waals surface area contributed by atoms with Crippen molar-refractivity contribution in [3.63, 3.8) is 0 Å². The Morgan fingerprint density at radius 2 is 1.90 bits per heavy atom. The van der Waals surface area contributed by atoms with Gasteiger partial charge in [-0.25, -0.2) is 14.6 Å². The maximum atomic E-state index is 12.6. The third kappa shape index (κ3) is 4.80. The highest BCUT2D eigenvalue weighted by atomic mass is 32.2. The third-order valence-electron chi connectivity index (χ3n) is 4.91. The summed E-state index contributed by atoms with van der Waals surface area (Å²) >= 11 is 1.60. The number of anilines is 1. The number of nitrogens with zero attached hydrogens (tertiary/aromatic N) is 4. The van der Waals surface area contributed by atoms with E-state index >= 15 is 0 Å². The van der Waals surface area contributed by atoms with Crippen molar-refractivity contribution in [2.24, 2.45) is 0 Å². The first kappa shape index (κ1) is 21.1. The molecule has 0 fully saturated rings. The van der Waals surface area contributed by atoms with Crippen molar-refractivity contribution in [1.82, 2.24) is 25.1 Å². The number of fused-ring (bicyclic) bond motifs is 2. The lowest BCUT2D eigenvalue weighted by atomic mass is 10.1. The molecule has 7 nitrogen and oxygen atoms in total. The zero-order chi connectivity index (χ0) is 21.6. The summed E-state index contributed by atoms with van der Waals surface area (Å²) in [6.07, 6.45) is 2.80. The maximum absolute atomic E-state index is 12.6. The molecule has 0 spiro atoms. The molecule has 0 atom stereocenters. The van der Waals surface area contributed by atoms with Crippen molar-refractivity contribution in [3.8, 4) is 0 Å². The van der Waals surface area contributed by atoms with Crippen LogP contribution in [-0.4, -0.2) is 44.5 Å². The predicted molar refractivity (Wildman–Crippen MR) is 127 cm³/mol. The van der Waals surface area contributed by atoms with Crippen LogP contribution in [0.25, 0.3) is 21.8 Å². The van der Waals surface area contributed by atoms with E-state index < -0.39 is 0 Å². The molecule has 160 valence electrons. The molecule has 2 aromatic heterocycles. The first-order chi connectivity index (χ1) is 15.2. The van der Waals surface area contributed by atoms with Crippen LogP contribution in [0.4, 0.5) is 5.82 Å². The van der Waals surface area contributed by atoms with Crippen LogP contribution in [0.2, 0.25) is 0 Å². The van der Waals surface area contributed by atoms with Crippen molar-refractivity contribution in [2.75, 3.05) is 24.2 Å². The highest BCUT2D eigenvalue weighted by molar-refractivity contribution is 7.99. The Labute approximate surface area is 185 Å². The van der Waals surface area contributed by atoms with E-state index in [1.807, 2.05) is 47.1 Å². The van der Waals surface area contributed by atoms with Gasteiger partial charge < -0.3 is 10.6 Å². The zero-order valence-corrected chi connectivity index (χ0v) is 18.6. The fraction of sp³-hybridized carbons (Fsp3) is 0.304. The van der Waals surface area contributed by atoms with E-state index in [-0.39, 0.29) is 5.91 Å². The molecule has 0 unspecified atom stereocenters. The van der Waals surface area contributed by atoms with Gasteiger partial charge in [-0.15, -0.1) is 0 Å². The number of thioether (sulfide) groups is 1. The molecule has 0 radical (unpaired) electrons. The molecule has 0 saturated carbocycles. The predicted octanol–water partition coefficient (Wildman–Crippen LogP) is 4.34. The normalized spacial score (nSPS) is 11.2. The number of rotatable bonds is 9. The van der Waals surface area contributed by atoms with Gasteiger partial charge >= 0.3 is 0 Å². The van der Waals surface area contributed by atoms with Crippen LogP contribution in [0.5, 0.6) is 0 Å². The fourth-order valence-electron chi connectivity index (χ4n) is 3.38. The van der Waals surface area contributed by atoms with E-state index in [4.69, 9.17) is 0 Å². The highest BCUT2D eigenvalue weighted by Crippen LogP contribution is 2.24. The number of hydrogen-bond donors (Lipinski definition) is 2. The lowest BCUT2D eigenvalue weighted by Crippen LogP contribution is -2.27. The second kappa shape index (κ2) is 9.78. The second-order valence-corrected chi connectivity index (χ2v) is 8.37. The minimum atomic E-state index is -0.0932. The Bertz CT molecular complexity index is 1210. The molecular formula is C23H26N6OS. The van der Waals surface area contributed by atoms with Crippen molar-refractivity contribution in [2.45, 2.75) is 32.0 Å². The monoisotopic (exact) mass is 434 g/mol. The third-order valence-corrected chi connectivity index (χ3v) is 5.64. The number of carbonyl (C=O) groups is 1. The summed E-state index contributed by atoms with van der Waals surface area (Å²) in [6.45, 7) is 6.03. The van der Waals surface area contributed by atoms with Crippen molar-refractivity contribution in [3.05, 3.63) is 54.2 Å². The van der Waals surface area contributed by atoms with E-state index in [9.17, 15) is 4.79 Å². The standard InChI is InChI=1S/C23H26N6OS/c1-3-11-24-20-19-15-26-29(21(19)28-23(27-20)31-4-2)13-12-25-22(30)18-10-9-16-7-5-6-8-17(16)14-18/h5-10,14-15H,3-4,11-13H2,1-2H3,(H,25,30)(H,24,27,28). The van der Waals surface area contributed by atoms with Crippen molar-refractivity contribution >= 4 is 45.3 Å². The summed E-state index contributed by atoms with van der Waals surface area (Å²) in [5.74, 6) is 1.62. The largest absolute Gasteiger partial charge is 0.369 e. The fourth-order valence-corrected chi connectivity index (χ4v) is 3.94. The molecule has 2 heterocycles. The van der Waals surface area contributed by atoms with Crippen LogP contribution in [0.15, 0.2) is 53.8 Å². The Morgan fingerprint density at radius 1 is 1.06 bits per heavy atom. The number of benzene rings is 2. The zero-order valence-electron chi connectivity index (χ0n) is 17.8. The van der Waals surface area contributed by atoms with Crippen LogP contribution in [0.3, 0.4) is 0 Å². The van der Waals surface area contributed by atoms with Gasteiger partial charge in [-0.1, -0.05) is 55.9 Å². The summed E-state index contributed by atoms with van der Waals surface area (Å²) in [5.41, 5.74) is 1.43. The molecule has 0 saturated heterocycles. The van der Waals surface area contributed by atoms with Gasteiger partial charge in [0.05, 0.1) is 18.1 Å². The number of hydrogen-bond acceptors (Lipinski definition) is 6. The number of aromatic nitrogens is 4. The first-order valence-corrected chi connectivity index (χ1v) is 11.6. The quantitative estimate of drug-likeness (QED) is 0.301. The van der Waals surface area contributed by atoms with Crippen LogP contribution in [0.1, 0.15) is 30.6 Å². The molecule has 2 aromatic carbocycles. The lowest BCUT2D eigenvalue weighted by Gasteiger charge is -2.09. The smallest absolute Gasteiger partial charge is 0.251 e. The van der Waals surface area contributed by atoms with Crippen LogP contribution >= 0.6 is 11.8 Å². The highest BCUT2D eigenvalue weighted by Gasteiger charge is 2.13. The first-order valence-electron chi connectivity index (χ1n) is 10.6. The van der Waals surface area contributed by atoms with E-state index in [1.54, 1.807) is 18.0 Å². The number of carbonyl (C=O) groups excluding carboxylic acids is 1. The van der Waals surface area contributed by atoms with Crippen LogP contribution in [-0.2, 0) is 6.54 Å². The van der Waals surface area contributed by atoms with Gasteiger partial charge in [0.15, 0.2) is 10.8 Å².